The van der Waals surface area contributed by atoms with Crippen molar-refractivity contribution >= 4 is 17.5 Å². The monoisotopic (exact) mass is 282 g/mol. The van der Waals surface area contributed by atoms with Crippen molar-refractivity contribution in [3.05, 3.63) is 34.9 Å². The van der Waals surface area contributed by atoms with Gasteiger partial charge in [0, 0.05) is 10.6 Å². The minimum Gasteiger partial charge on any atom is -0.348 e. The quantitative estimate of drug-likeness (QED) is 0.870. The van der Waals surface area contributed by atoms with Gasteiger partial charge in [0.2, 0.25) is 5.91 Å². The van der Waals surface area contributed by atoms with Crippen LogP contribution in [0.15, 0.2) is 24.3 Å². The van der Waals surface area contributed by atoms with Crippen molar-refractivity contribution in [3.63, 3.8) is 0 Å². The molecular weight excluding hydrogens is 260 g/mol. The van der Waals surface area contributed by atoms with Crippen LogP contribution < -0.4 is 10.6 Å². The molecular formula is C15H23ClN2O. The summed E-state index contributed by atoms with van der Waals surface area (Å²) in [5.41, 5.74) is 1.02. The number of hydrogen-bond donors (Lipinski definition) is 2. The Balaban J connectivity index is 2.57. The Labute approximate surface area is 120 Å². The van der Waals surface area contributed by atoms with Crippen molar-refractivity contribution in [2.24, 2.45) is 0 Å². The van der Waals surface area contributed by atoms with Gasteiger partial charge in [0.15, 0.2) is 0 Å². The summed E-state index contributed by atoms with van der Waals surface area (Å²) in [5.74, 6) is 0.0109. The minimum absolute atomic E-state index is 0.0109. The molecule has 19 heavy (non-hydrogen) atoms. The van der Waals surface area contributed by atoms with E-state index in [2.05, 4.69) is 17.6 Å². The molecule has 0 heterocycles. The molecule has 4 heteroatoms. The summed E-state index contributed by atoms with van der Waals surface area (Å²) in [7, 11) is 0. The third-order valence-electron chi connectivity index (χ3n) is 2.80. The highest BCUT2D eigenvalue weighted by Gasteiger charge is 2.15. The molecule has 0 aliphatic heterocycles. The van der Waals surface area contributed by atoms with Crippen molar-refractivity contribution in [1.29, 1.82) is 0 Å². The fraction of sp³-hybridized carbons (Fsp3) is 0.533. The fourth-order valence-corrected chi connectivity index (χ4v) is 1.83. The number of benzene rings is 1. The van der Waals surface area contributed by atoms with E-state index < -0.39 is 0 Å². The zero-order valence-corrected chi connectivity index (χ0v) is 12.8. The zero-order chi connectivity index (χ0) is 14.5. The van der Waals surface area contributed by atoms with E-state index in [1.54, 1.807) is 0 Å². The molecule has 0 bridgehead atoms. The molecule has 0 radical (unpaired) electrons. The van der Waals surface area contributed by atoms with Crippen LogP contribution in [0.4, 0.5) is 0 Å². The smallest absolute Gasteiger partial charge is 0.234 e. The molecule has 0 aliphatic rings. The van der Waals surface area contributed by atoms with Gasteiger partial charge < -0.3 is 10.6 Å². The van der Waals surface area contributed by atoms with E-state index >= 15 is 0 Å². The van der Waals surface area contributed by atoms with Gasteiger partial charge in [-0.3, -0.25) is 4.79 Å². The number of carbonyl (C=O) groups excluding carboxylic acids is 1. The summed E-state index contributed by atoms with van der Waals surface area (Å²) in [6.07, 6.45) is 0.850. The highest BCUT2D eigenvalue weighted by atomic mass is 35.5. The molecule has 2 N–H and O–H groups in total. The molecule has 106 valence electrons. The molecule has 1 amide bonds. The third-order valence-corrected chi connectivity index (χ3v) is 3.05. The summed E-state index contributed by atoms with van der Waals surface area (Å²) in [4.78, 5) is 11.9. The fourth-order valence-electron chi connectivity index (χ4n) is 1.71. The topological polar surface area (TPSA) is 41.1 Å². The highest BCUT2D eigenvalue weighted by molar-refractivity contribution is 6.30. The van der Waals surface area contributed by atoms with E-state index in [0.29, 0.717) is 11.6 Å². The Bertz CT molecular complexity index is 409. The number of carbonyl (C=O) groups is 1. The number of rotatable bonds is 5. The maximum Gasteiger partial charge on any atom is 0.234 e. The first-order chi connectivity index (χ1) is 8.81. The van der Waals surface area contributed by atoms with Gasteiger partial charge in [-0.1, -0.05) is 30.7 Å². The predicted molar refractivity (Wildman–Crippen MR) is 80.4 cm³/mol. The molecule has 0 aliphatic carbocycles. The first-order valence-electron chi connectivity index (χ1n) is 6.61. The average Bonchev–Trinajstić information content (AvgIpc) is 2.34. The van der Waals surface area contributed by atoms with Crippen LogP contribution in [0.5, 0.6) is 0 Å². The number of halogens is 1. The second-order valence-electron chi connectivity index (χ2n) is 5.68. The highest BCUT2D eigenvalue weighted by Crippen LogP contribution is 2.18. The summed E-state index contributed by atoms with van der Waals surface area (Å²) in [6.45, 7) is 8.49. The molecule has 0 saturated carbocycles. The van der Waals surface area contributed by atoms with Crippen molar-refractivity contribution in [1.82, 2.24) is 10.6 Å². The lowest BCUT2D eigenvalue weighted by Crippen LogP contribution is -2.44. The van der Waals surface area contributed by atoms with Crippen LogP contribution in [0.1, 0.15) is 45.7 Å². The molecule has 1 aromatic rings. The lowest BCUT2D eigenvalue weighted by molar-refractivity contribution is -0.121. The molecule has 3 nitrogen and oxygen atoms in total. The summed E-state index contributed by atoms with van der Waals surface area (Å²) in [6, 6.07) is 7.63. The van der Waals surface area contributed by atoms with E-state index in [9.17, 15) is 4.79 Å². The van der Waals surface area contributed by atoms with E-state index in [1.165, 1.54) is 0 Å². The standard InChI is InChI=1S/C15H23ClN2O/c1-5-13(11-6-8-12(16)9-7-11)18-14(19)10-17-15(2,3)4/h6-9,13,17H,5,10H2,1-4H3,(H,18,19). The lowest BCUT2D eigenvalue weighted by Gasteiger charge is -2.22. The van der Waals surface area contributed by atoms with Crippen LogP contribution in [0.25, 0.3) is 0 Å². The Hall–Kier alpha value is -1.06. The minimum atomic E-state index is -0.0562. The number of nitrogens with one attached hydrogen (secondary N) is 2. The SMILES string of the molecule is CCC(NC(=O)CNC(C)(C)C)c1ccc(Cl)cc1. The maximum absolute atomic E-state index is 11.9. The third kappa shape index (κ3) is 6.08. The summed E-state index contributed by atoms with van der Waals surface area (Å²) < 4.78 is 0. The molecule has 0 saturated heterocycles. The summed E-state index contributed by atoms with van der Waals surface area (Å²) in [5, 5.41) is 6.92. The van der Waals surface area contributed by atoms with Gasteiger partial charge in [-0.25, -0.2) is 0 Å². The van der Waals surface area contributed by atoms with Crippen molar-refractivity contribution in [3.8, 4) is 0 Å². The van der Waals surface area contributed by atoms with Crippen LogP contribution in [-0.2, 0) is 4.79 Å². The van der Waals surface area contributed by atoms with Crippen molar-refractivity contribution in [2.45, 2.75) is 45.7 Å². The zero-order valence-electron chi connectivity index (χ0n) is 12.1. The van der Waals surface area contributed by atoms with Gasteiger partial charge >= 0.3 is 0 Å². The van der Waals surface area contributed by atoms with Crippen LogP contribution in [0.2, 0.25) is 5.02 Å². The van der Waals surface area contributed by atoms with E-state index in [0.717, 1.165) is 12.0 Å². The number of hydrogen-bond acceptors (Lipinski definition) is 2. The maximum atomic E-state index is 11.9. The second kappa shape index (κ2) is 6.92. The van der Waals surface area contributed by atoms with Gasteiger partial charge in [-0.05, 0) is 44.9 Å². The van der Waals surface area contributed by atoms with Crippen molar-refractivity contribution < 1.29 is 4.79 Å². The van der Waals surface area contributed by atoms with E-state index in [-0.39, 0.29) is 17.5 Å². The predicted octanol–water partition coefficient (Wildman–Crippen LogP) is 3.30. The second-order valence-corrected chi connectivity index (χ2v) is 6.12. The molecule has 1 rings (SSSR count). The first-order valence-corrected chi connectivity index (χ1v) is 6.99. The normalized spacial score (nSPS) is 13.1. The molecule has 1 atom stereocenters. The largest absolute Gasteiger partial charge is 0.348 e. The van der Waals surface area contributed by atoms with Gasteiger partial charge in [-0.15, -0.1) is 0 Å². The molecule has 0 aromatic heterocycles. The Kier molecular flexibility index (Phi) is 5.83. The van der Waals surface area contributed by atoms with E-state index in [4.69, 9.17) is 11.6 Å². The van der Waals surface area contributed by atoms with Crippen LogP contribution in [0.3, 0.4) is 0 Å². The average molecular weight is 283 g/mol. The molecule has 1 aromatic carbocycles. The van der Waals surface area contributed by atoms with Gasteiger partial charge in [0.1, 0.15) is 0 Å². The Morgan fingerprint density at radius 2 is 1.84 bits per heavy atom. The van der Waals surface area contributed by atoms with Crippen molar-refractivity contribution in [2.75, 3.05) is 6.54 Å². The lowest BCUT2D eigenvalue weighted by atomic mass is 10.0. The van der Waals surface area contributed by atoms with Crippen LogP contribution in [0, 0.1) is 0 Å². The Morgan fingerprint density at radius 3 is 2.32 bits per heavy atom. The van der Waals surface area contributed by atoms with Gasteiger partial charge in [0.05, 0.1) is 12.6 Å². The Morgan fingerprint density at radius 1 is 1.26 bits per heavy atom. The molecule has 1 unspecified atom stereocenters. The van der Waals surface area contributed by atoms with Crippen LogP contribution >= 0.6 is 11.6 Å². The van der Waals surface area contributed by atoms with Gasteiger partial charge in [-0.2, -0.15) is 0 Å². The van der Waals surface area contributed by atoms with Crippen LogP contribution in [-0.4, -0.2) is 18.0 Å². The molecule has 0 spiro atoms. The van der Waals surface area contributed by atoms with Gasteiger partial charge in [0.25, 0.3) is 0 Å². The van der Waals surface area contributed by atoms with E-state index in [1.807, 2.05) is 45.0 Å². The number of amides is 1. The summed E-state index contributed by atoms with van der Waals surface area (Å²) >= 11 is 5.87. The first kappa shape index (κ1) is 16.0. The molecule has 0 fully saturated rings.